The van der Waals surface area contributed by atoms with Gasteiger partial charge in [0.25, 0.3) is 10.0 Å². The van der Waals surface area contributed by atoms with E-state index in [0.29, 0.717) is 16.9 Å². The Hall–Kier alpha value is -1.64. The molecule has 0 bridgehead atoms. The van der Waals surface area contributed by atoms with Crippen molar-refractivity contribution in [2.24, 2.45) is 0 Å². The zero-order valence-corrected chi connectivity index (χ0v) is 16.0. The van der Waals surface area contributed by atoms with E-state index in [1.807, 2.05) is 13.0 Å². The van der Waals surface area contributed by atoms with Gasteiger partial charge in [-0.2, -0.15) is 0 Å². The molecule has 0 aliphatic carbocycles. The lowest BCUT2D eigenvalue weighted by molar-refractivity contribution is 0.601. The van der Waals surface area contributed by atoms with Gasteiger partial charge in [0.05, 0.1) is 15.1 Å². The van der Waals surface area contributed by atoms with Gasteiger partial charge in [0.2, 0.25) is 0 Å². The molecule has 8 heteroatoms. The van der Waals surface area contributed by atoms with Gasteiger partial charge in [0.1, 0.15) is 0 Å². The molecule has 1 N–H and O–H groups in total. The van der Waals surface area contributed by atoms with E-state index in [4.69, 9.17) is 0 Å². The lowest BCUT2D eigenvalue weighted by Gasteiger charge is -2.09. The van der Waals surface area contributed by atoms with Gasteiger partial charge in [-0.25, -0.2) is 8.42 Å². The van der Waals surface area contributed by atoms with Crippen LogP contribution in [0.1, 0.15) is 13.3 Å². The number of fused-ring (bicyclic) bond motifs is 1. The second-order valence-electron chi connectivity index (χ2n) is 5.26. The van der Waals surface area contributed by atoms with E-state index in [2.05, 4.69) is 20.7 Å². The molecule has 1 aromatic heterocycles. The van der Waals surface area contributed by atoms with Gasteiger partial charge in [-0.05, 0) is 42.8 Å². The van der Waals surface area contributed by atoms with Crippen molar-refractivity contribution in [3.05, 3.63) is 56.6 Å². The molecule has 0 saturated carbocycles. The highest BCUT2D eigenvalue weighted by Gasteiger charge is 2.17. The number of sulfonamides is 1. The van der Waals surface area contributed by atoms with Gasteiger partial charge in [-0.1, -0.05) is 40.3 Å². The number of hydrogen-bond acceptors (Lipinski definition) is 4. The average Bonchev–Trinajstić information content (AvgIpc) is 2.82. The molecule has 0 saturated heterocycles. The molecule has 5 nitrogen and oxygen atoms in total. The van der Waals surface area contributed by atoms with Crippen molar-refractivity contribution >= 4 is 53.2 Å². The van der Waals surface area contributed by atoms with E-state index >= 15 is 0 Å². The van der Waals surface area contributed by atoms with Gasteiger partial charge in [-0.15, -0.1) is 0 Å². The third-order valence-electron chi connectivity index (χ3n) is 3.47. The summed E-state index contributed by atoms with van der Waals surface area (Å²) in [5.41, 5.74) is 1.24. The first-order valence-electron chi connectivity index (χ1n) is 7.32. The lowest BCUT2D eigenvalue weighted by Crippen LogP contribution is -2.13. The quantitative estimate of drug-likeness (QED) is 0.669. The van der Waals surface area contributed by atoms with E-state index in [1.54, 1.807) is 34.9 Å². The summed E-state index contributed by atoms with van der Waals surface area (Å²) in [7, 11) is -3.71. The summed E-state index contributed by atoms with van der Waals surface area (Å²) >= 11 is 4.38. The maximum absolute atomic E-state index is 12.6. The molecule has 0 fully saturated rings. The number of benzene rings is 2. The maximum atomic E-state index is 12.6. The van der Waals surface area contributed by atoms with E-state index in [1.165, 1.54) is 6.07 Å². The van der Waals surface area contributed by atoms with Crippen molar-refractivity contribution in [1.82, 2.24) is 4.57 Å². The van der Waals surface area contributed by atoms with Gasteiger partial charge >= 0.3 is 4.87 Å². The minimum Gasteiger partial charge on any atom is -0.299 e. The Kier molecular flexibility index (Phi) is 4.80. The summed E-state index contributed by atoms with van der Waals surface area (Å²) in [5, 5.41) is 0. The molecule has 0 atom stereocenters. The summed E-state index contributed by atoms with van der Waals surface area (Å²) in [5.74, 6) is 0. The Balaban J connectivity index is 2.00. The Morgan fingerprint density at radius 1 is 1.21 bits per heavy atom. The van der Waals surface area contributed by atoms with Crippen LogP contribution in [0.2, 0.25) is 0 Å². The van der Waals surface area contributed by atoms with Crippen LogP contribution in [0.5, 0.6) is 0 Å². The topological polar surface area (TPSA) is 68.2 Å². The number of halogens is 1. The first kappa shape index (κ1) is 17.2. The average molecular weight is 427 g/mol. The van der Waals surface area contributed by atoms with Gasteiger partial charge in [0.15, 0.2) is 0 Å². The molecule has 24 heavy (non-hydrogen) atoms. The highest BCUT2D eigenvalue weighted by Crippen LogP contribution is 2.24. The van der Waals surface area contributed by atoms with Crippen molar-refractivity contribution in [3.63, 3.8) is 0 Å². The highest BCUT2D eigenvalue weighted by molar-refractivity contribution is 9.10. The zero-order valence-electron chi connectivity index (χ0n) is 12.8. The van der Waals surface area contributed by atoms with Crippen molar-refractivity contribution in [3.8, 4) is 0 Å². The van der Waals surface area contributed by atoms with Crippen LogP contribution in [0, 0.1) is 0 Å². The molecule has 0 amide bonds. The minimum absolute atomic E-state index is 0.0682. The van der Waals surface area contributed by atoms with Crippen molar-refractivity contribution in [2.75, 3.05) is 4.72 Å². The second-order valence-corrected chi connectivity index (χ2v) is 8.86. The third kappa shape index (κ3) is 3.40. The van der Waals surface area contributed by atoms with E-state index in [9.17, 15) is 13.2 Å². The monoisotopic (exact) mass is 426 g/mol. The molecule has 0 spiro atoms. The predicted molar refractivity (Wildman–Crippen MR) is 101 cm³/mol. The fraction of sp³-hybridized carbons (Fsp3) is 0.188. The number of aryl methyl sites for hydroxylation is 1. The van der Waals surface area contributed by atoms with Crippen molar-refractivity contribution in [2.45, 2.75) is 24.8 Å². The molecule has 0 radical (unpaired) electrons. The number of anilines is 1. The van der Waals surface area contributed by atoms with Crippen LogP contribution in [0.3, 0.4) is 0 Å². The van der Waals surface area contributed by atoms with Crippen LogP contribution >= 0.6 is 27.3 Å². The molecule has 0 aliphatic rings. The molecular weight excluding hydrogens is 412 g/mol. The lowest BCUT2D eigenvalue weighted by atomic mass is 10.3. The standard InChI is InChI=1S/C16H15BrN2O3S2/c1-2-8-19-14-7-6-13(10-15(14)23-16(19)20)24(21,22)18-12-5-3-4-11(17)9-12/h3-7,9-10,18H,2,8H2,1H3. The summed E-state index contributed by atoms with van der Waals surface area (Å²) in [6, 6.07) is 11.7. The van der Waals surface area contributed by atoms with Crippen LogP contribution in [0.25, 0.3) is 10.2 Å². The number of aromatic nitrogens is 1. The maximum Gasteiger partial charge on any atom is 0.308 e. The Bertz CT molecular complexity index is 1050. The molecular formula is C16H15BrN2O3S2. The molecule has 3 aromatic rings. The normalized spacial score (nSPS) is 11.8. The number of thiazole rings is 1. The number of nitrogens with zero attached hydrogens (tertiary/aromatic N) is 1. The fourth-order valence-electron chi connectivity index (χ4n) is 2.42. The smallest absolute Gasteiger partial charge is 0.299 e. The molecule has 0 aliphatic heterocycles. The second kappa shape index (κ2) is 6.70. The molecule has 0 unspecified atom stereocenters. The van der Waals surface area contributed by atoms with E-state index < -0.39 is 10.0 Å². The fourth-order valence-corrected chi connectivity index (χ4v) is 4.92. The van der Waals surface area contributed by atoms with E-state index in [-0.39, 0.29) is 9.77 Å². The highest BCUT2D eigenvalue weighted by atomic mass is 79.9. The Morgan fingerprint density at radius 2 is 2.00 bits per heavy atom. The van der Waals surface area contributed by atoms with Crippen molar-refractivity contribution < 1.29 is 8.42 Å². The Morgan fingerprint density at radius 3 is 2.71 bits per heavy atom. The Labute approximate surface area is 152 Å². The predicted octanol–water partition coefficient (Wildman–Crippen LogP) is 4.04. The molecule has 126 valence electrons. The summed E-state index contributed by atoms with van der Waals surface area (Å²) in [6.45, 7) is 2.62. The summed E-state index contributed by atoms with van der Waals surface area (Å²) < 4.78 is 30.8. The minimum atomic E-state index is -3.71. The summed E-state index contributed by atoms with van der Waals surface area (Å²) in [4.78, 5) is 12.1. The van der Waals surface area contributed by atoms with Crippen LogP contribution < -0.4 is 9.60 Å². The first-order chi connectivity index (χ1) is 11.4. The molecule has 1 heterocycles. The van der Waals surface area contributed by atoms with Crippen LogP contribution in [0.4, 0.5) is 5.69 Å². The third-order valence-corrected chi connectivity index (χ3v) is 6.29. The molecule has 3 rings (SSSR count). The molecule has 2 aromatic carbocycles. The number of rotatable bonds is 5. The van der Waals surface area contributed by atoms with Crippen molar-refractivity contribution in [1.29, 1.82) is 0 Å². The largest absolute Gasteiger partial charge is 0.308 e. The van der Waals surface area contributed by atoms with Crippen LogP contribution in [-0.2, 0) is 16.6 Å². The van der Waals surface area contributed by atoms with Crippen LogP contribution in [-0.4, -0.2) is 13.0 Å². The zero-order chi connectivity index (χ0) is 17.3. The number of hydrogen-bond donors (Lipinski definition) is 1. The van der Waals surface area contributed by atoms with Crippen LogP contribution in [0.15, 0.2) is 56.6 Å². The first-order valence-corrected chi connectivity index (χ1v) is 10.4. The SMILES string of the molecule is CCCn1c(=O)sc2cc(S(=O)(=O)Nc3cccc(Br)c3)ccc21. The van der Waals surface area contributed by atoms with Gasteiger partial charge in [-0.3, -0.25) is 14.1 Å². The summed E-state index contributed by atoms with van der Waals surface area (Å²) in [6.07, 6.45) is 0.843. The number of nitrogens with one attached hydrogen (secondary N) is 1. The van der Waals surface area contributed by atoms with Gasteiger partial charge < -0.3 is 0 Å². The van der Waals surface area contributed by atoms with E-state index in [0.717, 1.165) is 27.7 Å². The van der Waals surface area contributed by atoms with Gasteiger partial charge in [0, 0.05) is 16.7 Å².